The molecule has 0 atom stereocenters. The van der Waals surface area contributed by atoms with E-state index in [1.807, 2.05) is 0 Å². The van der Waals surface area contributed by atoms with Crippen LogP contribution in [0.15, 0.2) is 41.6 Å². The lowest BCUT2D eigenvalue weighted by Crippen LogP contribution is -2.15. The van der Waals surface area contributed by atoms with Crippen molar-refractivity contribution in [3.63, 3.8) is 0 Å². The summed E-state index contributed by atoms with van der Waals surface area (Å²) in [7, 11) is 1.70. The van der Waals surface area contributed by atoms with E-state index in [1.165, 1.54) is 18.2 Å². The number of aromatic nitrogens is 3. The molecule has 1 heterocycles. The van der Waals surface area contributed by atoms with Crippen molar-refractivity contribution in [2.75, 3.05) is 11.1 Å². The number of thioether (sulfide) groups is 1. The van der Waals surface area contributed by atoms with Crippen molar-refractivity contribution in [3.05, 3.63) is 57.3 Å². The van der Waals surface area contributed by atoms with Gasteiger partial charge in [0.1, 0.15) is 5.82 Å². The average Bonchev–Trinajstić information content (AvgIpc) is 2.97. The van der Waals surface area contributed by atoms with Gasteiger partial charge in [0.15, 0.2) is 11.0 Å². The fraction of sp³-hybridized carbons (Fsp3) is 0.118. The molecular formula is C17H12Cl3FN4OS. The Morgan fingerprint density at radius 1 is 1.19 bits per heavy atom. The number of carbonyl (C=O) groups is 1. The summed E-state index contributed by atoms with van der Waals surface area (Å²) in [5.74, 6) is -0.311. The Labute approximate surface area is 173 Å². The van der Waals surface area contributed by atoms with Crippen LogP contribution in [0.4, 0.5) is 10.1 Å². The summed E-state index contributed by atoms with van der Waals surface area (Å²) in [6.07, 6.45) is 0. The maximum atomic E-state index is 13.9. The normalized spacial score (nSPS) is 10.9. The Balaban J connectivity index is 1.69. The SMILES string of the molecule is Cn1c(SCC(=O)Nc2c(Cl)cc(Cl)cc2Cl)nnc1-c1ccccc1F. The minimum Gasteiger partial charge on any atom is -0.323 e. The van der Waals surface area contributed by atoms with E-state index < -0.39 is 5.82 Å². The molecule has 1 amide bonds. The lowest BCUT2D eigenvalue weighted by molar-refractivity contribution is -0.113. The summed E-state index contributed by atoms with van der Waals surface area (Å²) in [4.78, 5) is 12.2. The molecule has 0 aliphatic heterocycles. The molecule has 3 aromatic rings. The molecule has 2 aromatic carbocycles. The van der Waals surface area contributed by atoms with Crippen LogP contribution in [0.1, 0.15) is 0 Å². The molecule has 0 saturated heterocycles. The Morgan fingerprint density at radius 3 is 2.52 bits per heavy atom. The maximum Gasteiger partial charge on any atom is 0.234 e. The van der Waals surface area contributed by atoms with E-state index in [2.05, 4.69) is 15.5 Å². The molecule has 3 rings (SSSR count). The molecule has 140 valence electrons. The van der Waals surface area contributed by atoms with E-state index in [0.29, 0.717) is 27.3 Å². The van der Waals surface area contributed by atoms with Crippen LogP contribution < -0.4 is 5.32 Å². The van der Waals surface area contributed by atoms with E-state index >= 15 is 0 Å². The Morgan fingerprint density at radius 2 is 1.85 bits per heavy atom. The van der Waals surface area contributed by atoms with Crippen LogP contribution in [0.25, 0.3) is 11.4 Å². The van der Waals surface area contributed by atoms with E-state index in [9.17, 15) is 9.18 Å². The van der Waals surface area contributed by atoms with Crippen molar-refractivity contribution in [3.8, 4) is 11.4 Å². The van der Waals surface area contributed by atoms with Gasteiger partial charge in [-0.1, -0.05) is 58.7 Å². The van der Waals surface area contributed by atoms with E-state index in [1.54, 1.807) is 29.8 Å². The minimum atomic E-state index is -0.394. The molecule has 0 aliphatic carbocycles. The lowest BCUT2D eigenvalue weighted by atomic mass is 10.2. The van der Waals surface area contributed by atoms with Crippen LogP contribution in [0.5, 0.6) is 0 Å². The first-order valence-corrected chi connectivity index (χ1v) is 9.70. The average molecular weight is 446 g/mol. The van der Waals surface area contributed by atoms with Crippen molar-refractivity contribution in [2.45, 2.75) is 5.16 Å². The minimum absolute atomic E-state index is 0.0402. The van der Waals surface area contributed by atoms with Crippen molar-refractivity contribution < 1.29 is 9.18 Å². The monoisotopic (exact) mass is 444 g/mol. The summed E-state index contributed by atoms with van der Waals surface area (Å²) >= 11 is 19.1. The number of carbonyl (C=O) groups excluding carboxylic acids is 1. The van der Waals surface area contributed by atoms with Crippen molar-refractivity contribution in [1.82, 2.24) is 14.8 Å². The van der Waals surface area contributed by atoms with Crippen molar-refractivity contribution in [1.29, 1.82) is 0 Å². The second-order valence-corrected chi connectivity index (χ2v) is 7.62. The zero-order valence-corrected chi connectivity index (χ0v) is 16.9. The Bertz CT molecular complexity index is 989. The third-order valence-electron chi connectivity index (χ3n) is 3.55. The first-order chi connectivity index (χ1) is 12.9. The number of amides is 1. The summed E-state index contributed by atoms with van der Waals surface area (Å²) in [5, 5.41) is 12.0. The van der Waals surface area contributed by atoms with Crippen LogP contribution in [0.2, 0.25) is 15.1 Å². The van der Waals surface area contributed by atoms with Gasteiger partial charge >= 0.3 is 0 Å². The highest BCUT2D eigenvalue weighted by Gasteiger charge is 2.16. The highest BCUT2D eigenvalue weighted by molar-refractivity contribution is 7.99. The number of hydrogen-bond acceptors (Lipinski definition) is 4. The summed E-state index contributed by atoms with van der Waals surface area (Å²) in [5.41, 5.74) is 0.627. The number of benzene rings is 2. The fourth-order valence-corrected chi connectivity index (χ4v) is 3.91. The second-order valence-electron chi connectivity index (χ2n) is 5.43. The highest BCUT2D eigenvalue weighted by Crippen LogP contribution is 2.34. The molecule has 10 heteroatoms. The molecule has 0 radical (unpaired) electrons. The predicted molar refractivity (Wildman–Crippen MR) is 107 cm³/mol. The number of nitrogens with one attached hydrogen (secondary N) is 1. The van der Waals surface area contributed by atoms with Gasteiger partial charge in [-0.2, -0.15) is 0 Å². The van der Waals surface area contributed by atoms with Gasteiger partial charge in [0, 0.05) is 12.1 Å². The van der Waals surface area contributed by atoms with Gasteiger partial charge in [0.25, 0.3) is 0 Å². The summed E-state index contributed by atoms with van der Waals surface area (Å²) < 4.78 is 15.6. The summed E-state index contributed by atoms with van der Waals surface area (Å²) in [6, 6.07) is 9.26. The van der Waals surface area contributed by atoms with Crippen LogP contribution in [0, 0.1) is 5.82 Å². The predicted octanol–water partition coefficient (Wildman–Crippen LogP) is 5.31. The molecule has 27 heavy (non-hydrogen) atoms. The third-order valence-corrected chi connectivity index (χ3v) is 5.39. The Kier molecular flexibility index (Phi) is 6.26. The van der Waals surface area contributed by atoms with Gasteiger partial charge in [0.05, 0.1) is 27.0 Å². The van der Waals surface area contributed by atoms with Crippen LogP contribution in [-0.4, -0.2) is 26.4 Å². The van der Waals surface area contributed by atoms with Crippen molar-refractivity contribution in [2.24, 2.45) is 7.05 Å². The van der Waals surface area contributed by atoms with Gasteiger partial charge in [-0.25, -0.2) is 4.39 Å². The van der Waals surface area contributed by atoms with E-state index in [4.69, 9.17) is 34.8 Å². The fourth-order valence-electron chi connectivity index (χ4n) is 2.28. The zero-order chi connectivity index (χ0) is 19.6. The molecule has 0 unspecified atom stereocenters. The van der Waals surface area contributed by atoms with E-state index in [0.717, 1.165) is 11.8 Å². The second kappa shape index (κ2) is 8.48. The molecule has 0 spiro atoms. The molecule has 0 bridgehead atoms. The number of hydrogen-bond donors (Lipinski definition) is 1. The largest absolute Gasteiger partial charge is 0.323 e. The molecular weight excluding hydrogens is 434 g/mol. The summed E-state index contributed by atoms with van der Waals surface area (Å²) in [6.45, 7) is 0. The molecule has 0 saturated carbocycles. The lowest BCUT2D eigenvalue weighted by Gasteiger charge is -2.09. The van der Waals surface area contributed by atoms with E-state index in [-0.39, 0.29) is 21.7 Å². The molecule has 0 aliphatic rings. The molecule has 5 nitrogen and oxygen atoms in total. The number of nitrogens with zero attached hydrogens (tertiary/aromatic N) is 3. The van der Waals surface area contributed by atoms with Gasteiger partial charge in [-0.05, 0) is 24.3 Å². The maximum absolute atomic E-state index is 13.9. The highest BCUT2D eigenvalue weighted by atomic mass is 35.5. The standard InChI is InChI=1S/C17H12Cl3FN4OS/c1-25-16(10-4-2-3-5-13(10)21)23-24-17(25)27-8-14(26)22-15-11(19)6-9(18)7-12(15)20/h2-7H,8H2,1H3,(H,22,26). The molecule has 1 aromatic heterocycles. The zero-order valence-electron chi connectivity index (χ0n) is 13.8. The number of halogens is 4. The number of rotatable bonds is 5. The number of anilines is 1. The van der Waals surface area contributed by atoms with Crippen LogP contribution in [-0.2, 0) is 11.8 Å². The van der Waals surface area contributed by atoms with Gasteiger partial charge in [-0.15, -0.1) is 10.2 Å². The van der Waals surface area contributed by atoms with Gasteiger partial charge in [-0.3, -0.25) is 4.79 Å². The smallest absolute Gasteiger partial charge is 0.234 e. The Hall–Kier alpha value is -1.80. The van der Waals surface area contributed by atoms with Gasteiger partial charge < -0.3 is 9.88 Å². The quantitative estimate of drug-likeness (QED) is 0.541. The first kappa shape index (κ1) is 19.9. The topological polar surface area (TPSA) is 59.8 Å². The first-order valence-electron chi connectivity index (χ1n) is 7.58. The van der Waals surface area contributed by atoms with Gasteiger partial charge in [0.2, 0.25) is 5.91 Å². The van der Waals surface area contributed by atoms with Crippen LogP contribution >= 0.6 is 46.6 Å². The molecule has 0 fully saturated rings. The molecule has 1 N–H and O–H groups in total. The third kappa shape index (κ3) is 4.55. The van der Waals surface area contributed by atoms with Crippen molar-refractivity contribution >= 4 is 58.2 Å². The van der Waals surface area contributed by atoms with Crippen LogP contribution in [0.3, 0.4) is 0 Å².